The van der Waals surface area contributed by atoms with Crippen molar-refractivity contribution in [3.63, 3.8) is 0 Å². The number of nitrogens with zero attached hydrogens (tertiary/aromatic N) is 2. The predicted octanol–water partition coefficient (Wildman–Crippen LogP) is 1.50. The first-order valence-corrected chi connectivity index (χ1v) is 8.58. The third-order valence-corrected chi connectivity index (χ3v) is 4.78. The molecule has 0 amide bonds. The molecule has 6 nitrogen and oxygen atoms in total. The van der Waals surface area contributed by atoms with Gasteiger partial charge in [-0.3, -0.25) is 4.72 Å². The van der Waals surface area contributed by atoms with Crippen LogP contribution >= 0.6 is 0 Å². The molecule has 0 bridgehead atoms. The lowest BCUT2D eigenvalue weighted by molar-refractivity contribution is 0.276. The SMILES string of the molecule is CCN(CC)c1ccc(NS(=O)(=O)N(C)CCCO)cc1. The molecule has 0 saturated heterocycles. The fraction of sp³-hybridized carbons (Fsp3) is 0.571. The summed E-state index contributed by atoms with van der Waals surface area (Å²) in [7, 11) is -2.08. The van der Waals surface area contributed by atoms with E-state index in [-0.39, 0.29) is 13.2 Å². The Morgan fingerprint density at radius 2 is 1.71 bits per heavy atom. The van der Waals surface area contributed by atoms with Crippen LogP contribution in [0.15, 0.2) is 24.3 Å². The van der Waals surface area contributed by atoms with E-state index in [0.29, 0.717) is 12.1 Å². The Balaban J connectivity index is 2.75. The minimum Gasteiger partial charge on any atom is -0.396 e. The highest BCUT2D eigenvalue weighted by Crippen LogP contribution is 2.19. The zero-order valence-corrected chi connectivity index (χ0v) is 13.7. The Labute approximate surface area is 127 Å². The molecule has 120 valence electrons. The van der Waals surface area contributed by atoms with E-state index in [4.69, 9.17) is 5.11 Å². The number of anilines is 2. The van der Waals surface area contributed by atoms with E-state index in [1.165, 1.54) is 11.4 Å². The molecule has 0 radical (unpaired) electrons. The van der Waals surface area contributed by atoms with Gasteiger partial charge in [0.2, 0.25) is 0 Å². The van der Waals surface area contributed by atoms with Crippen molar-refractivity contribution >= 4 is 21.6 Å². The molecule has 0 heterocycles. The van der Waals surface area contributed by atoms with Crippen LogP contribution in [0.1, 0.15) is 20.3 Å². The molecule has 0 spiro atoms. The first-order chi connectivity index (χ1) is 9.94. The summed E-state index contributed by atoms with van der Waals surface area (Å²) in [5.74, 6) is 0. The molecule has 1 rings (SSSR count). The molecule has 21 heavy (non-hydrogen) atoms. The number of hydrogen-bond donors (Lipinski definition) is 2. The maximum Gasteiger partial charge on any atom is 0.301 e. The Morgan fingerprint density at radius 1 is 1.14 bits per heavy atom. The van der Waals surface area contributed by atoms with Gasteiger partial charge in [0, 0.05) is 44.7 Å². The van der Waals surface area contributed by atoms with E-state index in [1.807, 2.05) is 12.1 Å². The second-order valence-electron chi connectivity index (χ2n) is 4.72. The van der Waals surface area contributed by atoms with Gasteiger partial charge in [0.25, 0.3) is 0 Å². The van der Waals surface area contributed by atoms with Crippen molar-refractivity contribution < 1.29 is 13.5 Å². The van der Waals surface area contributed by atoms with E-state index < -0.39 is 10.2 Å². The number of benzene rings is 1. The van der Waals surface area contributed by atoms with Crippen LogP contribution in [0, 0.1) is 0 Å². The highest BCUT2D eigenvalue weighted by atomic mass is 32.2. The fourth-order valence-electron chi connectivity index (χ4n) is 1.97. The summed E-state index contributed by atoms with van der Waals surface area (Å²) in [5.41, 5.74) is 1.60. The average molecular weight is 315 g/mol. The Kier molecular flexibility index (Phi) is 6.94. The van der Waals surface area contributed by atoms with Crippen LogP contribution in [0.4, 0.5) is 11.4 Å². The molecular weight excluding hydrogens is 290 g/mol. The van der Waals surface area contributed by atoms with E-state index in [1.54, 1.807) is 12.1 Å². The lowest BCUT2D eigenvalue weighted by Gasteiger charge is -2.22. The Bertz CT molecular complexity index is 513. The van der Waals surface area contributed by atoms with Gasteiger partial charge in [-0.2, -0.15) is 12.7 Å². The molecule has 0 aromatic heterocycles. The van der Waals surface area contributed by atoms with Crippen LogP contribution in [-0.2, 0) is 10.2 Å². The third kappa shape index (κ3) is 5.18. The van der Waals surface area contributed by atoms with Crippen molar-refractivity contribution in [2.45, 2.75) is 20.3 Å². The topological polar surface area (TPSA) is 72.9 Å². The smallest absolute Gasteiger partial charge is 0.301 e. The number of hydrogen-bond acceptors (Lipinski definition) is 4. The molecule has 0 aliphatic heterocycles. The lowest BCUT2D eigenvalue weighted by Crippen LogP contribution is -2.33. The molecule has 7 heteroatoms. The van der Waals surface area contributed by atoms with Crippen molar-refractivity contribution in [2.24, 2.45) is 0 Å². The molecule has 0 atom stereocenters. The summed E-state index contributed by atoms with van der Waals surface area (Å²) >= 11 is 0. The van der Waals surface area contributed by atoms with Crippen molar-refractivity contribution in [2.75, 3.05) is 42.9 Å². The number of aliphatic hydroxyl groups is 1. The number of aliphatic hydroxyl groups excluding tert-OH is 1. The molecule has 0 fully saturated rings. The Morgan fingerprint density at radius 3 is 2.19 bits per heavy atom. The standard InChI is InChI=1S/C14H25N3O3S/c1-4-17(5-2)14-9-7-13(8-10-14)15-21(19,20)16(3)11-6-12-18/h7-10,15,18H,4-6,11-12H2,1-3H3. The van der Waals surface area contributed by atoms with Gasteiger partial charge in [-0.05, 0) is 44.5 Å². The van der Waals surface area contributed by atoms with Gasteiger partial charge in [0.05, 0.1) is 0 Å². The number of rotatable bonds is 9. The first-order valence-electron chi connectivity index (χ1n) is 7.14. The zero-order chi connectivity index (χ0) is 15.9. The minimum absolute atomic E-state index is 0.0293. The maximum atomic E-state index is 12.1. The van der Waals surface area contributed by atoms with Crippen molar-refractivity contribution in [1.82, 2.24) is 4.31 Å². The van der Waals surface area contributed by atoms with Crippen molar-refractivity contribution in [3.8, 4) is 0 Å². The summed E-state index contributed by atoms with van der Waals surface area (Å²) in [6.07, 6.45) is 0.415. The second kappa shape index (κ2) is 8.21. The van der Waals surface area contributed by atoms with Gasteiger partial charge in [-0.15, -0.1) is 0 Å². The Hall–Kier alpha value is -1.31. The summed E-state index contributed by atoms with van der Waals surface area (Å²) in [6.45, 7) is 6.23. The quantitative estimate of drug-likeness (QED) is 0.724. The molecule has 0 saturated carbocycles. The lowest BCUT2D eigenvalue weighted by atomic mass is 10.2. The molecule has 0 aliphatic rings. The van der Waals surface area contributed by atoms with Gasteiger partial charge >= 0.3 is 10.2 Å². The third-order valence-electron chi connectivity index (χ3n) is 3.28. The largest absolute Gasteiger partial charge is 0.396 e. The van der Waals surface area contributed by atoms with Crippen LogP contribution in [0.25, 0.3) is 0 Å². The molecular formula is C14H25N3O3S. The number of nitrogens with one attached hydrogen (secondary N) is 1. The monoisotopic (exact) mass is 315 g/mol. The van der Waals surface area contributed by atoms with Crippen LogP contribution < -0.4 is 9.62 Å². The van der Waals surface area contributed by atoms with Crippen LogP contribution in [-0.4, -0.2) is 51.1 Å². The highest BCUT2D eigenvalue weighted by Gasteiger charge is 2.16. The zero-order valence-electron chi connectivity index (χ0n) is 12.9. The first kappa shape index (κ1) is 17.7. The molecule has 0 unspecified atom stereocenters. The van der Waals surface area contributed by atoms with E-state index >= 15 is 0 Å². The second-order valence-corrected chi connectivity index (χ2v) is 6.50. The maximum absolute atomic E-state index is 12.1. The summed E-state index contributed by atoms with van der Waals surface area (Å²) in [5, 5.41) is 8.75. The predicted molar refractivity (Wildman–Crippen MR) is 86.9 cm³/mol. The van der Waals surface area contributed by atoms with E-state index in [2.05, 4.69) is 23.5 Å². The van der Waals surface area contributed by atoms with Gasteiger partial charge in [-0.25, -0.2) is 0 Å². The molecule has 0 aliphatic carbocycles. The van der Waals surface area contributed by atoms with Crippen LogP contribution in [0.2, 0.25) is 0 Å². The molecule has 1 aromatic rings. The summed E-state index contributed by atoms with van der Waals surface area (Å²) in [4.78, 5) is 2.19. The van der Waals surface area contributed by atoms with Crippen LogP contribution in [0.3, 0.4) is 0 Å². The van der Waals surface area contributed by atoms with Crippen molar-refractivity contribution in [1.29, 1.82) is 0 Å². The van der Waals surface area contributed by atoms with Crippen molar-refractivity contribution in [3.05, 3.63) is 24.3 Å². The van der Waals surface area contributed by atoms with E-state index in [9.17, 15) is 8.42 Å². The van der Waals surface area contributed by atoms with Gasteiger partial charge in [-0.1, -0.05) is 0 Å². The molecule has 1 aromatic carbocycles. The van der Waals surface area contributed by atoms with Gasteiger partial charge in [0.15, 0.2) is 0 Å². The highest BCUT2D eigenvalue weighted by molar-refractivity contribution is 7.90. The average Bonchev–Trinajstić information content (AvgIpc) is 2.47. The fourth-order valence-corrected chi connectivity index (χ4v) is 2.93. The van der Waals surface area contributed by atoms with Gasteiger partial charge < -0.3 is 10.0 Å². The molecule has 2 N–H and O–H groups in total. The summed E-state index contributed by atoms with van der Waals surface area (Å²) in [6, 6.07) is 7.31. The van der Waals surface area contributed by atoms with Crippen LogP contribution in [0.5, 0.6) is 0 Å². The van der Waals surface area contributed by atoms with E-state index in [0.717, 1.165) is 18.8 Å². The van der Waals surface area contributed by atoms with Gasteiger partial charge in [0.1, 0.15) is 0 Å². The normalized spacial score (nSPS) is 11.7. The minimum atomic E-state index is -3.57. The summed E-state index contributed by atoms with van der Waals surface area (Å²) < 4.78 is 27.8.